The van der Waals surface area contributed by atoms with Gasteiger partial charge in [-0.15, -0.1) is 24.5 Å². The zero-order valence-electron chi connectivity index (χ0n) is 18.7. The predicted molar refractivity (Wildman–Crippen MR) is 119 cm³/mol. The summed E-state index contributed by atoms with van der Waals surface area (Å²) in [5, 5.41) is 0.399. The van der Waals surface area contributed by atoms with E-state index in [0.717, 1.165) is 10.4 Å². The van der Waals surface area contributed by atoms with Gasteiger partial charge in [-0.25, -0.2) is 0 Å². The molecule has 0 amide bonds. The second-order valence-electron chi connectivity index (χ2n) is 7.65. The van der Waals surface area contributed by atoms with E-state index in [-0.39, 0.29) is 18.5 Å². The Kier molecular flexibility index (Phi) is 6.20. The number of nitrogens with zero attached hydrogens (tertiary/aromatic N) is 3. The van der Waals surface area contributed by atoms with E-state index in [1.54, 1.807) is 31.3 Å². The van der Waals surface area contributed by atoms with Crippen molar-refractivity contribution in [2.24, 2.45) is 4.99 Å². The summed E-state index contributed by atoms with van der Waals surface area (Å²) in [4.78, 5) is 9.93. The number of aliphatic imine (C=N–C) groups is 1. The molecule has 11 heteroatoms. The molecule has 34 heavy (non-hydrogen) atoms. The third-order valence-electron chi connectivity index (χ3n) is 5.06. The van der Waals surface area contributed by atoms with Gasteiger partial charge >= 0.3 is 12.5 Å². The van der Waals surface area contributed by atoms with Gasteiger partial charge in [-0.2, -0.15) is 13.2 Å². The van der Waals surface area contributed by atoms with Crippen LogP contribution in [-0.2, 0) is 6.42 Å². The highest BCUT2D eigenvalue weighted by Gasteiger charge is 2.45. The van der Waals surface area contributed by atoms with Crippen LogP contribution >= 0.6 is 11.3 Å². The SMILES string of the molecule is [2H]C1=NC(C(F)(F)F)N(CCCc2ccc(-c3ccc(OC(F)(F)F)cc3)nc2)c2sc(C)cc21. The van der Waals surface area contributed by atoms with E-state index < -0.39 is 18.7 Å². The average Bonchev–Trinajstić information content (AvgIpc) is 3.17. The van der Waals surface area contributed by atoms with E-state index in [9.17, 15) is 26.3 Å². The molecule has 180 valence electrons. The maximum absolute atomic E-state index is 13.6. The Morgan fingerprint density at radius 1 is 1.09 bits per heavy atom. The molecular weight excluding hydrogens is 480 g/mol. The van der Waals surface area contributed by atoms with Crippen molar-refractivity contribution in [3.63, 3.8) is 0 Å². The number of aryl methyl sites for hydroxylation is 2. The highest BCUT2D eigenvalue weighted by atomic mass is 32.1. The molecule has 3 heterocycles. The van der Waals surface area contributed by atoms with Gasteiger partial charge < -0.3 is 9.64 Å². The van der Waals surface area contributed by atoms with Gasteiger partial charge in [0.25, 0.3) is 0 Å². The lowest BCUT2D eigenvalue weighted by Crippen LogP contribution is -2.46. The van der Waals surface area contributed by atoms with Crippen LogP contribution < -0.4 is 9.64 Å². The van der Waals surface area contributed by atoms with Crippen LogP contribution in [0.25, 0.3) is 11.3 Å². The highest BCUT2D eigenvalue weighted by molar-refractivity contribution is 7.16. The molecule has 0 N–H and O–H groups in total. The van der Waals surface area contributed by atoms with Crippen LogP contribution in [-0.4, -0.2) is 36.4 Å². The number of rotatable bonds is 6. The lowest BCUT2D eigenvalue weighted by atomic mass is 10.1. The van der Waals surface area contributed by atoms with Gasteiger partial charge in [0.15, 0.2) is 0 Å². The third-order valence-corrected chi connectivity index (χ3v) is 6.15. The van der Waals surface area contributed by atoms with Gasteiger partial charge in [0.2, 0.25) is 6.17 Å². The van der Waals surface area contributed by atoms with Crippen molar-refractivity contribution in [1.29, 1.82) is 0 Å². The second kappa shape index (κ2) is 9.28. The molecule has 2 aromatic heterocycles. The molecule has 1 aliphatic rings. The topological polar surface area (TPSA) is 37.7 Å². The van der Waals surface area contributed by atoms with Crippen molar-refractivity contribution in [3.05, 3.63) is 64.7 Å². The summed E-state index contributed by atoms with van der Waals surface area (Å²) in [5.74, 6) is -0.335. The van der Waals surface area contributed by atoms with E-state index in [1.807, 2.05) is 0 Å². The Labute approximate surface area is 196 Å². The monoisotopic (exact) mass is 500 g/mol. The second-order valence-corrected chi connectivity index (χ2v) is 8.89. The molecule has 0 aliphatic carbocycles. The summed E-state index contributed by atoms with van der Waals surface area (Å²) in [6, 6.07) is 10.5. The van der Waals surface area contributed by atoms with Gasteiger partial charge in [-0.3, -0.25) is 9.98 Å². The van der Waals surface area contributed by atoms with Crippen LogP contribution in [0.4, 0.5) is 31.3 Å². The standard InChI is InChI=1S/C23H19F6N3OS/c1-14-11-17-13-31-21(22(24,25)26)32(20(17)34-14)10-2-3-15-4-9-19(30-12-15)16-5-7-18(8-6-16)33-23(27,28)29/h4-9,11-13,21H,2-3,10H2,1H3/i13D. The van der Waals surface area contributed by atoms with Crippen molar-refractivity contribution in [2.45, 2.75) is 38.5 Å². The first-order valence-corrected chi connectivity index (χ1v) is 11.0. The summed E-state index contributed by atoms with van der Waals surface area (Å²) >= 11 is 1.21. The zero-order valence-corrected chi connectivity index (χ0v) is 18.6. The Hall–Kier alpha value is -3.08. The molecule has 1 atom stereocenters. The number of anilines is 1. The van der Waals surface area contributed by atoms with E-state index in [0.29, 0.717) is 34.7 Å². The molecule has 0 saturated heterocycles. The first-order chi connectivity index (χ1) is 16.4. The number of halogens is 6. The van der Waals surface area contributed by atoms with Crippen LogP contribution in [0.1, 0.15) is 23.8 Å². The average molecular weight is 500 g/mol. The van der Waals surface area contributed by atoms with Gasteiger partial charge in [-0.1, -0.05) is 6.07 Å². The van der Waals surface area contributed by atoms with E-state index >= 15 is 0 Å². The Balaban J connectivity index is 1.41. The van der Waals surface area contributed by atoms with Gasteiger partial charge in [0.05, 0.1) is 7.06 Å². The number of ether oxygens (including phenoxy) is 1. The first-order valence-electron chi connectivity index (χ1n) is 10.7. The summed E-state index contributed by atoms with van der Waals surface area (Å²) in [6.45, 7) is 1.87. The quantitative estimate of drug-likeness (QED) is 0.350. The number of aromatic nitrogens is 1. The molecule has 1 aromatic carbocycles. The van der Waals surface area contributed by atoms with Crippen LogP contribution in [0, 0.1) is 6.92 Å². The van der Waals surface area contributed by atoms with Crippen LogP contribution in [0.15, 0.2) is 53.7 Å². The maximum atomic E-state index is 13.6. The Morgan fingerprint density at radius 3 is 2.44 bits per heavy atom. The molecule has 3 aromatic rings. The van der Waals surface area contributed by atoms with Crippen LogP contribution in [0.3, 0.4) is 0 Å². The Morgan fingerprint density at radius 2 is 1.82 bits per heavy atom. The highest BCUT2D eigenvalue weighted by Crippen LogP contribution is 2.39. The minimum absolute atomic E-state index is 0.0936. The predicted octanol–water partition coefficient (Wildman–Crippen LogP) is 6.78. The van der Waals surface area contributed by atoms with E-state index in [1.165, 1.54) is 40.5 Å². The number of fused-ring (bicyclic) bond motifs is 1. The number of pyridine rings is 1. The molecule has 1 aliphatic heterocycles. The molecule has 4 rings (SSSR count). The zero-order chi connectivity index (χ0) is 25.4. The molecule has 0 fully saturated rings. The molecule has 0 saturated carbocycles. The van der Waals surface area contributed by atoms with Crippen LogP contribution in [0.5, 0.6) is 5.75 Å². The van der Waals surface area contributed by atoms with E-state index in [2.05, 4.69) is 14.7 Å². The summed E-state index contributed by atoms with van der Waals surface area (Å²) < 4.78 is 89.5. The third kappa shape index (κ3) is 5.69. The molecular formula is C23H19F6N3OS. The number of benzene rings is 1. The number of thiophene rings is 1. The summed E-state index contributed by atoms with van der Waals surface area (Å²) in [6.07, 6.45) is -9.37. The molecule has 0 spiro atoms. The summed E-state index contributed by atoms with van der Waals surface area (Å²) in [5.41, 5.74) is 2.35. The van der Waals surface area contributed by atoms with Gasteiger partial charge in [0.1, 0.15) is 10.8 Å². The first kappa shape index (κ1) is 22.7. The minimum atomic E-state index is -4.77. The lowest BCUT2D eigenvalue weighted by molar-refractivity contribution is -0.274. The van der Waals surface area contributed by atoms with Crippen molar-refractivity contribution in [2.75, 3.05) is 11.4 Å². The molecule has 1 unspecified atom stereocenters. The number of alkyl halides is 6. The fourth-order valence-electron chi connectivity index (χ4n) is 3.60. The molecule has 0 radical (unpaired) electrons. The minimum Gasteiger partial charge on any atom is -0.406 e. The van der Waals surface area contributed by atoms with Gasteiger partial charge in [-0.05, 0) is 61.7 Å². The molecule has 4 nitrogen and oxygen atoms in total. The largest absolute Gasteiger partial charge is 0.573 e. The smallest absolute Gasteiger partial charge is 0.406 e. The lowest BCUT2D eigenvalue weighted by Gasteiger charge is -2.34. The summed E-state index contributed by atoms with van der Waals surface area (Å²) in [7, 11) is 0. The Bertz CT molecular complexity index is 1210. The van der Waals surface area contributed by atoms with Crippen molar-refractivity contribution in [1.82, 2.24) is 4.98 Å². The maximum Gasteiger partial charge on any atom is 0.573 e. The number of hydrogen-bond acceptors (Lipinski definition) is 5. The van der Waals surface area contributed by atoms with Crippen molar-refractivity contribution < 1.29 is 32.5 Å². The molecule has 0 bridgehead atoms. The fourth-order valence-corrected chi connectivity index (χ4v) is 4.61. The normalized spacial score (nSPS) is 16.7. The van der Waals surface area contributed by atoms with Gasteiger partial charge in [0, 0.05) is 34.9 Å². The van der Waals surface area contributed by atoms with Crippen molar-refractivity contribution >= 4 is 22.5 Å². The van der Waals surface area contributed by atoms with Crippen molar-refractivity contribution in [3.8, 4) is 17.0 Å². The van der Waals surface area contributed by atoms with Crippen LogP contribution in [0.2, 0.25) is 0 Å². The van der Waals surface area contributed by atoms with E-state index in [4.69, 9.17) is 1.37 Å². The number of hydrogen-bond donors (Lipinski definition) is 0. The fraction of sp³-hybridized carbons (Fsp3) is 0.304.